The first-order valence-corrected chi connectivity index (χ1v) is 14.0. The van der Waals surface area contributed by atoms with E-state index in [9.17, 15) is 29.4 Å². The number of hydrogen-bond acceptors (Lipinski definition) is 11. The van der Waals surface area contributed by atoms with Crippen LogP contribution in [-0.4, -0.2) is 76.0 Å². The van der Waals surface area contributed by atoms with Crippen molar-refractivity contribution in [1.82, 2.24) is 0 Å². The molecule has 0 radical (unpaired) electrons. The molecule has 228 valence electrons. The number of esters is 4. The molecule has 2 fully saturated rings. The van der Waals surface area contributed by atoms with E-state index in [1.54, 1.807) is 26.8 Å². The summed E-state index contributed by atoms with van der Waals surface area (Å²) in [4.78, 5) is 65.9. The van der Waals surface area contributed by atoms with E-state index in [0.717, 1.165) is 13.8 Å². The van der Waals surface area contributed by atoms with Crippen LogP contribution in [0.5, 0.6) is 0 Å². The van der Waals surface area contributed by atoms with Gasteiger partial charge in [-0.3, -0.25) is 24.0 Å². The van der Waals surface area contributed by atoms with Gasteiger partial charge in [0.25, 0.3) is 0 Å². The molecular formula is C30H42O11. The summed E-state index contributed by atoms with van der Waals surface area (Å²) in [5, 5.41) is 23.0. The van der Waals surface area contributed by atoms with Crippen LogP contribution in [0.4, 0.5) is 0 Å². The molecule has 0 aromatic rings. The summed E-state index contributed by atoms with van der Waals surface area (Å²) < 4.78 is 23.5. The van der Waals surface area contributed by atoms with Gasteiger partial charge in [-0.25, -0.2) is 0 Å². The molecule has 0 heterocycles. The van der Waals surface area contributed by atoms with Crippen LogP contribution in [0.3, 0.4) is 0 Å². The SMILES string of the molecule is C=C(C)C1C=CC(O)C2(CO)C(OC(=O)CCC)C3C(OC(C)=O)C(C)CC3(OC(C)=O)C(=O)C(C)(OC(C)=O)C12. The standard InChI is InChI=1S/C30H42O11/c1-9-10-22(36)39-26-23-24(38-17(5)32)16(4)13-30(23,41-19(7)34)27(37)28(8,40-18(6)33)25-20(15(2)3)11-12-21(35)29(25,26)14-31/h11-12,16,20-21,23-26,31,35H,2,9-10,13-14H2,1,3-8H3. The molecule has 11 nitrogen and oxygen atoms in total. The van der Waals surface area contributed by atoms with Gasteiger partial charge in [-0.2, -0.15) is 0 Å². The van der Waals surface area contributed by atoms with E-state index in [1.807, 2.05) is 0 Å². The Morgan fingerprint density at radius 2 is 1.63 bits per heavy atom. The summed E-state index contributed by atoms with van der Waals surface area (Å²) in [5.41, 5.74) is -5.63. The zero-order chi connectivity index (χ0) is 31.1. The van der Waals surface area contributed by atoms with Crippen LogP contribution in [0, 0.1) is 29.1 Å². The van der Waals surface area contributed by atoms with Crippen LogP contribution in [0.25, 0.3) is 0 Å². The molecule has 41 heavy (non-hydrogen) atoms. The van der Waals surface area contributed by atoms with Gasteiger partial charge in [-0.1, -0.05) is 38.2 Å². The van der Waals surface area contributed by atoms with Crippen LogP contribution in [0.15, 0.2) is 24.3 Å². The van der Waals surface area contributed by atoms with Crippen molar-refractivity contribution in [3.63, 3.8) is 0 Å². The average molecular weight is 579 g/mol. The van der Waals surface area contributed by atoms with Gasteiger partial charge >= 0.3 is 23.9 Å². The highest BCUT2D eigenvalue weighted by Gasteiger charge is 2.78. The fraction of sp³-hybridized carbons (Fsp3) is 0.700. The maximum Gasteiger partial charge on any atom is 0.306 e. The van der Waals surface area contributed by atoms with Crippen LogP contribution in [0.1, 0.15) is 67.7 Å². The van der Waals surface area contributed by atoms with Crippen molar-refractivity contribution in [2.45, 2.75) is 97.2 Å². The molecule has 0 aliphatic heterocycles. The zero-order valence-corrected chi connectivity index (χ0v) is 24.8. The third-order valence-corrected chi connectivity index (χ3v) is 8.89. The maximum atomic E-state index is 15.0. The lowest BCUT2D eigenvalue weighted by atomic mass is 9.53. The Morgan fingerprint density at radius 1 is 1.02 bits per heavy atom. The number of fused-ring (bicyclic) bond motifs is 2. The summed E-state index contributed by atoms with van der Waals surface area (Å²) in [7, 11) is 0. The number of hydrogen-bond donors (Lipinski definition) is 2. The third-order valence-electron chi connectivity index (χ3n) is 8.89. The van der Waals surface area contributed by atoms with Gasteiger partial charge in [0.1, 0.15) is 12.2 Å². The van der Waals surface area contributed by atoms with Gasteiger partial charge in [0.05, 0.1) is 24.0 Å². The molecule has 0 bridgehead atoms. The van der Waals surface area contributed by atoms with Gasteiger partial charge in [0.2, 0.25) is 5.78 Å². The number of ether oxygens (including phenoxy) is 4. The summed E-state index contributed by atoms with van der Waals surface area (Å²) in [6.45, 7) is 13.1. The number of carbonyl (C=O) groups excluding carboxylic acids is 5. The van der Waals surface area contributed by atoms with E-state index in [2.05, 4.69) is 6.58 Å². The summed E-state index contributed by atoms with van der Waals surface area (Å²) in [6.07, 6.45) is -0.963. The topological polar surface area (TPSA) is 163 Å². The molecule has 10 unspecified atom stereocenters. The highest BCUT2D eigenvalue weighted by Crippen LogP contribution is 2.63. The molecule has 0 amide bonds. The van der Waals surface area contributed by atoms with E-state index in [0.29, 0.717) is 12.0 Å². The monoisotopic (exact) mass is 578 g/mol. The number of aliphatic hydroxyl groups is 2. The lowest BCUT2D eigenvalue weighted by Crippen LogP contribution is -2.65. The predicted octanol–water partition coefficient (Wildman–Crippen LogP) is 2.21. The Hall–Kier alpha value is -3.05. The van der Waals surface area contributed by atoms with E-state index < -0.39 is 94.9 Å². The molecular weight excluding hydrogens is 536 g/mol. The predicted molar refractivity (Wildman–Crippen MR) is 144 cm³/mol. The minimum atomic E-state index is -2.13. The van der Waals surface area contributed by atoms with E-state index >= 15 is 4.79 Å². The molecule has 2 saturated carbocycles. The normalized spacial score (nSPS) is 39.5. The summed E-state index contributed by atoms with van der Waals surface area (Å²) >= 11 is 0. The van der Waals surface area contributed by atoms with Crippen molar-refractivity contribution >= 4 is 29.7 Å². The Balaban J connectivity index is 2.56. The Kier molecular flexibility index (Phi) is 9.25. The summed E-state index contributed by atoms with van der Waals surface area (Å²) in [6, 6.07) is 0. The minimum absolute atomic E-state index is 0.0330. The van der Waals surface area contributed by atoms with Gasteiger partial charge in [0, 0.05) is 45.4 Å². The van der Waals surface area contributed by atoms with Crippen molar-refractivity contribution in [2.75, 3.05) is 6.61 Å². The first-order valence-electron chi connectivity index (χ1n) is 14.0. The zero-order valence-electron chi connectivity index (χ0n) is 24.8. The smallest absolute Gasteiger partial charge is 0.306 e. The molecule has 2 N–H and O–H groups in total. The van der Waals surface area contributed by atoms with Crippen LogP contribution in [0.2, 0.25) is 0 Å². The van der Waals surface area contributed by atoms with E-state index in [-0.39, 0.29) is 12.8 Å². The van der Waals surface area contributed by atoms with Gasteiger partial charge < -0.3 is 29.2 Å². The van der Waals surface area contributed by atoms with E-state index in [4.69, 9.17) is 18.9 Å². The van der Waals surface area contributed by atoms with E-state index in [1.165, 1.54) is 19.9 Å². The number of Topliss-reactive ketones (excluding diaryl/α,β-unsaturated/α-hetero) is 1. The number of allylic oxidation sites excluding steroid dienone is 2. The molecule has 0 aromatic heterocycles. The number of aliphatic hydroxyl groups excluding tert-OH is 2. The molecule has 0 spiro atoms. The minimum Gasteiger partial charge on any atom is -0.462 e. The van der Waals surface area contributed by atoms with Crippen molar-refractivity contribution in [2.24, 2.45) is 29.1 Å². The Bertz CT molecular complexity index is 1140. The van der Waals surface area contributed by atoms with Crippen LogP contribution >= 0.6 is 0 Å². The molecule has 0 aromatic carbocycles. The van der Waals surface area contributed by atoms with Crippen LogP contribution < -0.4 is 0 Å². The molecule has 10 atom stereocenters. The highest BCUT2D eigenvalue weighted by atomic mass is 16.6. The maximum absolute atomic E-state index is 15.0. The van der Waals surface area contributed by atoms with Gasteiger partial charge in [0.15, 0.2) is 11.2 Å². The van der Waals surface area contributed by atoms with Gasteiger partial charge in [-0.05, 0) is 26.2 Å². The molecule has 0 saturated heterocycles. The quantitative estimate of drug-likeness (QED) is 0.247. The van der Waals surface area contributed by atoms with Gasteiger partial charge in [-0.15, -0.1) is 0 Å². The Morgan fingerprint density at radius 3 is 2.12 bits per heavy atom. The van der Waals surface area contributed by atoms with Crippen molar-refractivity contribution < 1.29 is 53.1 Å². The fourth-order valence-electron chi connectivity index (χ4n) is 7.66. The van der Waals surface area contributed by atoms with Crippen molar-refractivity contribution in [3.05, 3.63) is 24.3 Å². The third kappa shape index (κ3) is 5.22. The number of carbonyl (C=O) groups is 5. The molecule has 11 heteroatoms. The lowest BCUT2D eigenvalue weighted by molar-refractivity contribution is -0.219. The molecule has 3 aliphatic rings. The second-order valence-corrected chi connectivity index (χ2v) is 11.9. The molecule has 3 rings (SSSR count). The Labute approximate surface area is 240 Å². The average Bonchev–Trinajstić information content (AvgIpc) is 3.09. The largest absolute Gasteiger partial charge is 0.462 e. The van der Waals surface area contributed by atoms with Crippen molar-refractivity contribution in [1.29, 1.82) is 0 Å². The van der Waals surface area contributed by atoms with Crippen molar-refractivity contribution in [3.8, 4) is 0 Å². The highest BCUT2D eigenvalue weighted by molar-refractivity contribution is 5.99. The number of rotatable bonds is 8. The first-order chi connectivity index (χ1) is 19.0. The summed E-state index contributed by atoms with van der Waals surface area (Å²) in [5.74, 6) is -7.87. The fourth-order valence-corrected chi connectivity index (χ4v) is 7.66. The lowest BCUT2D eigenvalue weighted by Gasteiger charge is -2.55. The van der Waals surface area contributed by atoms with Crippen LogP contribution in [-0.2, 0) is 42.9 Å². The second kappa shape index (κ2) is 11.7. The molecule has 3 aliphatic carbocycles. The second-order valence-electron chi connectivity index (χ2n) is 11.9. The first kappa shape index (κ1) is 32.5. The number of ketones is 1.